The molecule has 1 aliphatic rings. The number of fused-ring (bicyclic) bond motifs is 1. The molecule has 0 unspecified atom stereocenters. The quantitative estimate of drug-likeness (QED) is 0.819. The zero-order chi connectivity index (χ0) is 18.0. The summed E-state index contributed by atoms with van der Waals surface area (Å²) in [6.07, 6.45) is 6.49. The second kappa shape index (κ2) is 7.29. The van der Waals surface area contributed by atoms with E-state index in [0.717, 1.165) is 29.7 Å². The highest BCUT2D eigenvalue weighted by Crippen LogP contribution is 2.31. The molecule has 1 fully saturated rings. The van der Waals surface area contributed by atoms with Gasteiger partial charge in [-0.25, -0.2) is 23.1 Å². The smallest absolute Gasteiger partial charge is 0.214 e. The van der Waals surface area contributed by atoms with Gasteiger partial charge in [-0.3, -0.25) is 0 Å². The number of nitrogens with one attached hydrogen (secondary N) is 2. The maximum atomic E-state index is 12.4. The summed E-state index contributed by atoms with van der Waals surface area (Å²) in [4.78, 5) is 13.9. The Morgan fingerprint density at radius 2 is 2.00 bits per heavy atom. The fraction of sp³-hybridized carbons (Fsp3) is 0.647. The van der Waals surface area contributed by atoms with Crippen LogP contribution in [-0.2, 0) is 10.0 Å². The maximum Gasteiger partial charge on any atom is 0.214 e. The van der Waals surface area contributed by atoms with E-state index in [1.807, 2.05) is 33.2 Å². The topological polar surface area (TPSA) is 91.0 Å². The summed E-state index contributed by atoms with van der Waals surface area (Å²) < 4.78 is 27.6. The van der Waals surface area contributed by atoms with Gasteiger partial charge in [-0.2, -0.15) is 0 Å². The molecule has 138 valence electrons. The van der Waals surface area contributed by atoms with Gasteiger partial charge in [-0.05, 0) is 37.7 Å². The standard InChI is InChI=1S/C17H27N5O2S/c1-12(2)10-21-25(23,24)14-6-4-13(5-7-14)22(3)17-15-8-9-18-16(15)19-11-20-17/h8-9,11-14,21H,4-7,10H2,1-3H3,(H,18,19,20). The van der Waals surface area contributed by atoms with Gasteiger partial charge in [0.15, 0.2) is 0 Å². The normalized spacial score (nSPS) is 21.8. The van der Waals surface area contributed by atoms with Crippen molar-refractivity contribution < 1.29 is 8.42 Å². The highest BCUT2D eigenvalue weighted by molar-refractivity contribution is 7.90. The Bertz CT molecular complexity index is 809. The molecule has 0 atom stereocenters. The van der Waals surface area contributed by atoms with Gasteiger partial charge in [-0.15, -0.1) is 0 Å². The molecule has 7 nitrogen and oxygen atoms in total. The molecule has 0 spiro atoms. The summed E-state index contributed by atoms with van der Waals surface area (Å²) in [6.45, 7) is 4.53. The Kier molecular flexibility index (Phi) is 5.29. The van der Waals surface area contributed by atoms with Crippen LogP contribution in [0, 0.1) is 5.92 Å². The zero-order valence-electron chi connectivity index (χ0n) is 15.1. The molecule has 2 heterocycles. The molecule has 1 saturated carbocycles. The summed E-state index contributed by atoms with van der Waals surface area (Å²) >= 11 is 0. The van der Waals surface area contributed by atoms with Gasteiger partial charge in [0.05, 0.1) is 10.6 Å². The molecule has 0 saturated heterocycles. The first-order chi connectivity index (χ1) is 11.9. The fourth-order valence-electron chi connectivity index (χ4n) is 3.46. The van der Waals surface area contributed by atoms with Crippen LogP contribution in [0.4, 0.5) is 5.82 Å². The van der Waals surface area contributed by atoms with Crippen LogP contribution in [0.1, 0.15) is 39.5 Å². The summed E-state index contributed by atoms with van der Waals surface area (Å²) in [5, 5.41) is 0.715. The number of hydrogen-bond donors (Lipinski definition) is 2. The molecule has 25 heavy (non-hydrogen) atoms. The molecule has 2 N–H and O–H groups in total. The molecule has 0 aliphatic heterocycles. The minimum Gasteiger partial charge on any atom is -0.356 e. The van der Waals surface area contributed by atoms with Crippen molar-refractivity contribution in [2.24, 2.45) is 5.92 Å². The minimum atomic E-state index is -3.22. The lowest BCUT2D eigenvalue weighted by molar-refractivity contribution is 0.416. The van der Waals surface area contributed by atoms with Crippen molar-refractivity contribution in [3.05, 3.63) is 18.6 Å². The van der Waals surface area contributed by atoms with Crippen molar-refractivity contribution in [2.75, 3.05) is 18.5 Å². The molecule has 3 rings (SSSR count). The van der Waals surface area contributed by atoms with Crippen LogP contribution >= 0.6 is 0 Å². The minimum absolute atomic E-state index is 0.284. The first kappa shape index (κ1) is 18.1. The van der Waals surface area contributed by atoms with Gasteiger partial charge < -0.3 is 9.88 Å². The van der Waals surface area contributed by atoms with Gasteiger partial charge in [0.1, 0.15) is 17.8 Å². The van der Waals surface area contributed by atoms with Crippen molar-refractivity contribution >= 4 is 26.9 Å². The molecule has 0 bridgehead atoms. The van der Waals surface area contributed by atoms with Gasteiger partial charge in [0.2, 0.25) is 10.0 Å². The third-order valence-corrected chi connectivity index (χ3v) is 6.91. The fourth-order valence-corrected chi connectivity index (χ4v) is 5.15. The third-order valence-electron chi connectivity index (χ3n) is 4.99. The van der Waals surface area contributed by atoms with Crippen molar-refractivity contribution in [3.63, 3.8) is 0 Å². The lowest BCUT2D eigenvalue weighted by Gasteiger charge is -2.35. The molecule has 2 aromatic heterocycles. The highest BCUT2D eigenvalue weighted by atomic mass is 32.2. The predicted octanol–water partition coefficient (Wildman–Crippen LogP) is 2.28. The first-order valence-electron chi connectivity index (χ1n) is 8.88. The molecule has 0 aromatic carbocycles. The summed E-state index contributed by atoms with van der Waals surface area (Å²) in [5.41, 5.74) is 0.825. The van der Waals surface area contributed by atoms with E-state index in [9.17, 15) is 8.42 Å². The van der Waals surface area contributed by atoms with Crippen molar-refractivity contribution in [1.82, 2.24) is 19.7 Å². The monoisotopic (exact) mass is 365 g/mol. The van der Waals surface area contributed by atoms with Crippen LogP contribution in [0.5, 0.6) is 0 Å². The van der Waals surface area contributed by atoms with Crippen LogP contribution < -0.4 is 9.62 Å². The Morgan fingerprint density at radius 1 is 1.28 bits per heavy atom. The van der Waals surface area contributed by atoms with Crippen LogP contribution in [0.2, 0.25) is 0 Å². The Labute approximate surface area is 149 Å². The molecule has 8 heteroatoms. The second-order valence-electron chi connectivity index (χ2n) is 7.27. The largest absolute Gasteiger partial charge is 0.356 e. The number of hydrogen-bond acceptors (Lipinski definition) is 5. The third kappa shape index (κ3) is 3.95. The second-order valence-corrected chi connectivity index (χ2v) is 9.31. The van der Waals surface area contributed by atoms with Crippen LogP contribution in [0.25, 0.3) is 11.0 Å². The number of H-pyrrole nitrogens is 1. The number of aromatic nitrogens is 3. The number of aromatic amines is 1. The van der Waals surface area contributed by atoms with Crippen LogP contribution in [0.15, 0.2) is 18.6 Å². The Balaban J connectivity index is 1.65. The average molecular weight is 366 g/mol. The lowest BCUT2D eigenvalue weighted by Crippen LogP contribution is -2.43. The van der Waals surface area contributed by atoms with E-state index in [0.29, 0.717) is 31.3 Å². The first-order valence-corrected chi connectivity index (χ1v) is 10.4. The van der Waals surface area contributed by atoms with E-state index in [2.05, 4.69) is 24.6 Å². The molecule has 0 amide bonds. The molecule has 1 aliphatic carbocycles. The SMILES string of the molecule is CC(C)CNS(=O)(=O)C1CCC(N(C)c2ncnc3[nH]ccc23)CC1. The van der Waals surface area contributed by atoms with E-state index >= 15 is 0 Å². The van der Waals surface area contributed by atoms with Gasteiger partial charge in [-0.1, -0.05) is 13.8 Å². The zero-order valence-corrected chi connectivity index (χ0v) is 15.9. The van der Waals surface area contributed by atoms with E-state index in [-0.39, 0.29) is 5.25 Å². The van der Waals surface area contributed by atoms with Gasteiger partial charge in [0.25, 0.3) is 0 Å². The Morgan fingerprint density at radius 3 is 2.68 bits per heavy atom. The van der Waals surface area contributed by atoms with Crippen molar-refractivity contribution in [2.45, 2.75) is 50.8 Å². The van der Waals surface area contributed by atoms with E-state index < -0.39 is 10.0 Å². The van der Waals surface area contributed by atoms with Crippen molar-refractivity contribution in [3.8, 4) is 0 Å². The summed E-state index contributed by atoms with van der Waals surface area (Å²) in [7, 11) is -1.18. The highest BCUT2D eigenvalue weighted by Gasteiger charge is 2.32. The maximum absolute atomic E-state index is 12.4. The van der Waals surface area contributed by atoms with Gasteiger partial charge in [0, 0.05) is 25.8 Å². The Hall–Kier alpha value is -1.67. The number of anilines is 1. The molecular weight excluding hydrogens is 338 g/mol. The average Bonchev–Trinajstić information content (AvgIpc) is 3.08. The summed E-state index contributed by atoms with van der Waals surface area (Å²) in [6, 6.07) is 2.28. The van der Waals surface area contributed by atoms with Gasteiger partial charge >= 0.3 is 0 Å². The molecular formula is C17H27N5O2S. The molecule has 2 aromatic rings. The predicted molar refractivity (Wildman–Crippen MR) is 100 cm³/mol. The summed E-state index contributed by atoms with van der Waals surface area (Å²) in [5.74, 6) is 1.22. The van der Waals surface area contributed by atoms with Crippen LogP contribution in [-0.4, -0.2) is 48.3 Å². The van der Waals surface area contributed by atoms with E-state index in [1.165, 1.54) is 0 Å². The number of sulfonamides is 1. The lowest BCUT2D eigenvalue weighted by atomic mass is 9.94. The van der Waals surface area contributed by atoms with E-state index in [4.69, 9.17) is 0 Å². The molecule has 0 radical (unpaired) electrons. The van der Waals surface area contributed by atoms with Crippen molar-refractivity contribution in [1.29, 1.82) is 0 Å². The van der Waals surface area contributed by atoms with E-state index in [1.54, 1.807) is 6.33 Å². The number of rotatable bonds is 6. The number of nitrogens with zero attached hydrogens (tertiary/aromatic N) is 3. The van der Waals surface area contributed by atoms with Crippen LogP contribution in [0.3, 0.4) is 0 Å².